The molecule has 1 N–H and O–H groups in total. The summed E-state index contributed by atoms with van der Waals surface area (Å²) in [6.45, 7) is 1.84. The molecule has 1 atom stereocenters. The van der Waals surface area contributed by atoms with Crippen LogP contribution in [0, 0.1) is 12.7 Å². The molecule has 0 aliphatic rings. The van der Waals surface area contributed by atoms with E-state index in [1.807, 2.05) is 6.92 Å². The molecule has 0 saturated heterocycles. The third-order valence-corrected chi connectivity index (χ3v) is 7.14. The van der Waals surface area contributed by atoms with Crippen LogP contribution in [0.1, 0.15) is 5.56 Å². The van der Waals surface area contributed by atoms with Crippen LogP contribution in [0.25, 0.3) is 27.7 Å². The highest BCUT2D eigenvalue weighted by Crippen LogP contribution is 2.34. The first kappa shape index (κ1) is 23.8. The molecule has 3 aromatic carbocycles. The average Bonchev–Trinajstić information content (AvgIpc) is 3.38. The van der Waals surface area contributed by atoms with Gasteiger partial charge >= 0.3 is 6.01 Å². The quantitative estimate of drug-likeness (QED) is 0.300. The molecular weight excluding hydrogens is 505 g/mol. The van der Waals surface area contributed by atoms with Crippen molar-refractivity contribution >= 4 is 39.5 Å². The van der Waals surface area contributed by atoms with Gasteiger partial charge in [0, 0.05) is 28.1 Å². The van der Waals surface area contributed by atoms with Crippen LogP contribution in [0.5, 0.6) is 5.75 Å². The van der Waals surface area contributed by atoms with E-state index < -0.39 is 16.8 Å². The molecule has 7 nitrogen and oxygen atoms in total. The zero-order valence-corrected chi connectivity index (χ0v) is 20.7. The second kappa shape index (κ2) is 9.60. The van der Waals surface area contributed by atoms with Crippen molar-refractivity contribution in [2.45, 2.75) is 11.8 Å². The third-order valence-electron chi connectivity index (χ3n) is 5.67. The Morgan fingerprint density at radius 1 is 1.11 bits per heavy atom. The fourth-order valence-corrected chi connectivity index (χ4v) is 4.83. The number of nitrogens with one attached hydrogen (secondary N) is 1. The number of oxazole rings is 1. The highest BCUT2D eigenvalue weighted by molar-refractivity contribution is 7.86. The summed E-state index contributed by atoms with van der Waals surface area (Å²) >= 11 is 6.12. The van der Waals surface area contributed by atoms with Crippen molar-refractivity contribution in [1.29, 1.82) is 0 Å². The van der Waals surface area contributed by atoms with Crippen LogP contribution < -0.4 is 15.0 Å². The lowest BCUT2D eigenvalue weighted by Crippen LogP contribution is -2.18. The minimum Gasteiger partial charge on any atom is -0.495 e. The minimum atomic E-state index is -1.65. The second-order valence-corrected chi connectivity index (χ2v) is 9.52. The Kier molecular flexibility index (Phi) is 6.34. The van der Waals surface area contributed by atoms with Crippen molar-refractivity contribution in [2.75, 3.05) is 11.8 Å². The number of rotatable bonds is 6. The standard InChI is InChI=1S/C26H19ClFN3O4S/c1-15-11-16(3-6-20(15)27)19-13-24(34-2)23(14-21(19)28)31-22-7-5-18(12-17(22)4-8-25(31)32)36(33)30-26-29-9-10-35-26/h3-14H,1-2H3,(H,29,30). The van der Waals surface area contributed by atoms with E-state index in [-0.39, 0.29) is 17.3 Å². The number of hydrogen-bond acceptors (Lipinski definition) is 5. The fraction of sp³-hybridized carbons (Fsp3) is 0.0769. The van der Waals surface area contributed by atoms with E-state index in [2.05, 4.69) is 9.71 Å². The summed E-state index contributed by atoms with van der Waals surface area (Å²) < 4.78 is 42.8. The molecule has 0 spiro atoms. The third kappa shape index (κ3) is 4.38. The molecule has 10 heteroatoms. The molecule has 36 heavy (non-hydrogen) atoms. The van der Waals surface area contributed by atoms with Gasteiger partial charge < -0.3 is 9.15 Å². The number of ether oxygens (including phenoxy) is 1. The lowest BCUT2D eigenvalue weighted by atomic mass is 10.0. The van der Waals surface area contributed by atoms with Crippen LogP contribution in [0.4, 0.5) is 10.4 Å². The zero-order chi connectivity index (χ0) is 25.4. The number of aryl methyl sites for hydroxylation is 1. The molecule has 2 aromatic heterocycles. The van der Waals surface area contributed by atoms with Crippen LogP contribution >= 0.6 is 11.6 Å². The Balaban J connectivity index is 1.61. The molecule has 0 fully saturated rings. The summed E-state index contributed by atoms with van der Waals surface area (Å²) in [4.78, 5) is 17.3. The number of aromatic nitrogens is 2. The molecule has 182 valence electrons. The van der Waals surface area contributed by atoms with Crippen molar-refractivity contribution in [3.05, 3.63) is 99.9 Å². The SMILES string of the molecule is COc1cc(-c2ccc(Cl)c(C)c2)c(F)cc1-n1c(=O)ccc2cc(S(=O)Nc3ncco3)ccc21. The molecule has 0 amide bonds. The van der Waals surface area contributed by atoms with Gasteiger partial charge in [0.05, 0.1) is 29.4 Å². The van der Waals surface area contributed by atoms with Gasteiger partial charge in [0.15, 0.2) is 11.0 Å². The van der Waals surface area contributed by atoms with E-state index in [0.717, 1.165) is 5.56 Å². The smallest absolute Gasteiger partial charge is 0.306 e. The molecule has 0 bridgehead atoms. The van der Waals surface area contributed by atoms with Crippen molar-refractivity contribution in [1.82, 2.24) is 9.55 Å². The van der Waals surface area contributed by atoms with Gasteiger partial charge in [-0.1, -0.05) is 17.7 Å². The molecular formula is C26H19ClFN3O4S. The van der Waals surface area contributed by atoms with Gasteiger partial charge in [-0.05, 0) is 60.5 Å². The molecule has 2 heterocycles. The molecule has 0 aliphatic heterocycles. The monoisotopic (exact) mass is 523 g/mol. The zero-order valence-electron chi connectivity index (χ0n) is 19.1. The van der Waals surface area contributed by atoms with E-state index in [9.17, 15) is 9.00 Å². The van der Waals surface area contributed by atoms with E-state index in [4.69, 9.17) is 20.8 Å². The number of hydrogen-bond donors (Lipinski definition) is 1. The first-order valence-corrected chi connectivity index (χ1v) is 12.3. The Labute approximate surface area is 212 Å². The normalized spacial score (nSPS) is 12.0. The van der Waals surface area contributed by atoms with Crippen LogP contribution in [-0.2, 0) is 11.0 Å². The predicted molar refractivity (Wildman–Crippen MR) is 138 cm³/mol. The van der Waals surface area contributed by atoms with E-state index in [1.54, 1.807) is 48.5 Å². The van der Waals surface area contributed by atoms with Gasteiger partial charge in [-0.15, -0.1) is 0 Å². The Morgan fingerprint density at radius 3 is 2.67 bits per heavy atom. The van der Waals surface area contributed by atoms with E-state index >= 15 is 4.39 Å². The summed E-state index contributed by atoms with van der Waals surface area (Å²) in [7, 11) is -0.193. The number of benzene rings is 3. The summed E-state index contributed by atoms with van der Waals surface area (Å²) in [5, 5.41) is 1.20. The summed E-state index contributed by atoms with van der Waals surface area (Å²) in [5.41, 5.74) is 2.13. The summed E-state index contributed by atoms with van der Waals surface area (Å²) in [6.07, 6.45) is 2.80. The Bertz CT molecular complexity index is 1690. The lowest BCUT2D eigenvalue weighted by Gasteiger charge is -2.16. The van der Waals surface area contributed by atoms with Crippen molar-refractivity contribution < 1.29 is 17.8 Å². The van der Waals surface area contributed by atoms with Gasteiger partial charge in [-0.2, -0.15) is 0 Å². The Morgan fingerprint density at radius 2 is 1.94 bits per heavy atom. The van der Waals surface area contributed by atoms with Gasteiger partial charge in [0.1, 0.15) is 17.8 Å². The van der Waals surface area contributed by atoms with Crippen LogP contribution in [0.3, 0.4) is 0 Å². The fourth-order valence-electron chi connectivity index (χ4n) is 3.91. The maximum absolute atomic E-state index is 15.4. The largest absolute Gasteiger partial charge is 0.495 e. The molecule has 0 aliphatic carbocycles. The van der Waals surface area contributed by atoms with Crippen molar-refractivity contribution in [3.63, 3.8) is 0 Å². The number of halogens is 2. The molecule has 0 saturated carbocycles. The molecule has 1 unspecified atom stereocenters. The van der Waals surface area contributed by atoms with E-state index in [0.29, 0.717) is 37.7 Å². The molecule has 0 radical (unpaired) electrons. The highest BCUT2D eigenvalue weighted by Gasteiger charge is 2.18. The maximum atomic E-state index is 15.4. The van der Waals surface area contributed by atoms with Crippen LogP contribution in [0.15, 0.2) is 87.2 Å². The summed E-state index contributed by atoms with van der Waals surface area (Å²) in [6, 6.07) is 16.1. The number of anilines is 1. The first-order chi connectivity index (χ1) is 17.4. The van der Waals surface area contributed by atoms with Crippen LogP contribution in [0.2, 0.25) is 5.02 Å². The van der Waals surface area contributed by atoms with E-state index in [1.165, 1.54) is 36.3 Å². The first-order valence-electron chi connectivity index (χ1n) is 10.7. The average molecular weight is 524 g/mol. The predicted octanol–water partition coefficient (Wildman–Crippen LogP) is 5.89. The Hall–Kier alpha value is -3.95. The molecule has 5 rings (SSSR count). The van der Waals surface area contributed by atoms with Gasteiger partial charge in [0.2, 0.25) is 0 Å². The van der Waals surface area contributed by atoms with Gasteiger partial charge in [-0.3, -0.25) is 14.1 Å². The van der Waals surface area contributed by atoms with Crippen LogP contribution in [-0.4, -0.2) is 20.9 Å². The highest BCUT2D eigenvalue weighted by atomic mass is 35.5. The van der Waals surface area contributed by atoms with Crippen molar-refractivity contribution in [2.24, 2.45) is 0 Å². The second-order valence-electron chi connectivity index (χ2n) is 7.90. The van der Waals surface area contributed by atoms with Gasteiger partial charge in [-0.25, -0.2) is 13.6 Å². The van der Waals surface area contributed by atoms with Crippen molar-refractivity contribution in [3.8, 4) is 22.6 Å². The number of pyridine rings is 1. The topological polar surface area (TPSA) is 86.4 Å². The number of methoxy groups -OCH3 is 1. The maximum Gasteiger partial charge on any atom is 0.306 e. The summed E-state index contributed by atoms with van der Waals surface area (Å²) in [5.74, 6) is -0.212. The number of fused-ring (bicyclic) bond motifs is 1. The number of nitrogens with zero attached hydrogens (tertiary/aromatic N) is 2. The lowest BCUT2D eigenvalue weighted by molar-refractivity contribution is 0.412. The molecule has 5 aromatic rings. The van der Waals surface area contributed by atoms with Gasteiger partial charge in [0.25, 0.3) is 5.56 Å². The minimum absolute atomic E-state index is 0.120.